The summed E-state index contributed by atoms with van der Waals surface area (Å²) in [4.78, 5) is 21.9. The highest BCUT2D eigenvalue weighted by Gasteiger charge is 2.24. The van der Waals surface area contributed by atoms with Gasteiger partial charge < -0.3 is 20.8 Å². The number of carboxylic acids is 1. The van der Waals surface area contributed by atoms with Crippen molar-refractivity contribution in [1.29, 1.82) is 0 Å². The molecule has 106 valence electrons. The van der Waals surface area contributed by atoms with Gasteiger partial charge in [0.25, 0.3) is 0 Å². The van der Waals surface area contributed by atoms with Crippen molar-refractivity contribution in [2.75, 3.05) is 18.6 Å². The molecule has 0 aliphatic carbocycles. The number of amides is 2. The van der Waals surface area contributed by atoms with Gasteiger partial charge in [0.1, 0.15) is 9.84 Å². The monoisotopic (exact) mass is 282 g/mol. The summed E-state index contributed by atoms with van der Waals surface area (Å²) in [7, 11) is -3.08. The number of aliphatic hydroxyl groups excluding tert-OH is 1. The van der Waals surface area contributed by atoms with Crippen LogP contribution in [-0.2, 0) is 14.6 Å². The summed E-state index contributed by atoms with van der Waals surface area (Å²) in [6.45, 7) is 1.34. The number of aliphatic carboxylic acids is 1. The lowest BCUT2D eigenvalue weighted by Crippen LogP contribution is -2.51. The van der Waals surface area contributed by atoms with Crippen LogP contribution in [0.1, 0.15) is 13.3 Å². The molecule has 0 aliphatic heterocycles. The Bertz CT molecular complexity index is 392. The number of hydrogen-bond donors (Lipinski definition) is 4. The summed E-state index contributed by atoms with van der Waals surface area (Å²) < 4.78 is 21.6. The second-order valence-corrected chi connectivity index (χ2v) is 6.20. The van der Waals surface area contributed by atoms with Gasteiger partial charge in [-0.05, 0) is 13.3 Å². The van der Waals surface area contributed by atoms with Crippen LogP contribution in [0.25, 0.3) is 0 Å². The summed E-state index contributed by atoms with van der Waals surface area (Å²) in [5, 5.41) is 22.2. The fourth-order valence-electron chi connectivity index (χ4n) is 1.12. The first-order valence-corrected chi connectivity index (χ1v) is 7.32. The van der Waals surface area contributed by atoms with E-state index >= 15 is 0 Å². The minimum Gasteiger partial charge on any atom is -0.480 e. The predicted molar refractivity (Wildman–Crippen MR) is 64.0 cm³/mol. The number of carboxylic acid groups (broad SMARTS) is 1. The molecule has 0 aromatic heterocycles. The molecule has 0 aromatic rings. The average Bonchev–Trinajstić information content (AvgIpc) is 2.18. The second-order valence-electron chi connectivity index (χ2n) is 3.94. The van der Waals surface area contributed by atoms with Gasteiger partial charge in [0.2, 0.25) is 0 Å². The number of urea groups is 1. The molecule has 8 nitrogen and oxygen atoms in total. The van der Waals surface area contributed by atoms with Crippen LogP contribution in [0.3, 0.4) is 0 Å². The summed E-state index contributed by atoms with van der Waals surface area (Å²) in [5.41, 5.74) is 0. The molecule has 2 atom stereocenters. The maximum Gasteiger partial charge on any atom is 0.328 e. The van der Waals surface area contributed by atoms with E-state index in [9.17, 15) is 18.0 Å². The Morgan fingerprint density at radius 3 is 2.28 bits per heavy atom. The Labute approximate surface area is 105 Å². The topological polar surface area (TPSA) is 133 Å². The van der Waals surface area contributed by atoms with Crippen molar-refractivity contribution in [2.24, 2.45) is 0 Å². The molecule has 0 rings (SSSR count). The van der Waals surface area contributed by atoms with Gasteiger partial charge in [-0.1, -0.05) is 0 Å². The summed E-state index contributed by atoms with van der Waals surface area (Å²) in [6, 6.07) is -2.17. The normalized spacial score (nSPS) is 14.6. The zero-order valence-corrected chi connectivity index (χ0v) is 11.0. The average molecular weight is 282 g/mol. The quantitative estimate of drug-likeness (QED) is 0.422. The van der Waals surface area contributed by atoms with Crippen molar-refractivity contribution < 1.29 is 28.2 Å². The van der Waals surface area contributed by atoms with Crippen LogP contribution in [0, 0.1) is 0 Å². The Hall–Kier alpha value is -1.35. The zero-order valence-electron chi connectivity index (χ0n) is 10.2. The molecule has 0 fully saturated rings. The molecule has 0 aliphatic rings. The van der Waals surface area contributed by atoms with Gasteiger partial charge in [-0.3, -0.25) is 0 Å². The van der Waals surface area contributed by atoms with Crippen LogP contribution < -0.4 is 10.6 Å². The highest BCUT2D eigenvalue weighted by atomic mass is 32.2. The molecular formula is C9H18N2O6S. The van der Waals surface area contributed by atoms with E-state index in [1.165, 1.54) is 6.92 Å². The van der Waals surface area contributed by atoms with Crippen LogP contribution in [-0.4, -0.2) is 61.3 Å². The summed E-state index contributed by atoms with van der Waals surface area (Å²) in [5.74, 6) is -1.41. The first-order chi connectivity index (χ1) is 8.13. The number of sulfone groups is 1. The first kappa shape index (κ1) is 16.6. The van der Waals surface area contributed by atoms with Gasteiger partial charge in [-0.15, -0.1) is 0 Å². The van der Waals surface area contributed by atoms with Crippen molar-refractivity contribution >= 4 is 21.8 Å². The van der Waals surface area contributed by atoms with Gasteiger partial charge in [-0.25, -0.2) is 18.0 Å². The summed E-state index contributed by atoms with van der Waals surface area (Å²) >= 11 is 0. The maximum atomic E-state index is 11.2. The highest BCUT2D eigenvalue weighted by Crippen LogP contribution is 1.93. The van der Waals surface area contributed by atoms with E-state index in [-0.39, 0.29) is 18.7 Å². The molecular weight excluding hydrogens is 264 g/mol. The van der Waals surface area contributed by atoms with E-state index in [1.54, 1.807) is 0 Å². The van der Waals surface area contributed by atoms with Gasteiger partial charge in [0, 0.05) is 12.8 Å². The smallest absolute Gasteiger partial charge is 0.328 e. The predicted octanol–water partition coefficient (Wildman–Crippen LogP) is -1.45. The van der Waals surface area contributed by atoms with Crippen LogP contribution >= 0.6 is 0 Å². The molecule has 0 saturated carbocycles. The third-order valence-electron chi connectivity index (χ3n) is 2.01. The van der Waals surface area contributed by atoms with E-state index in [0.29, 0.717) is 0 Å². The number of rotatable bonds is 7. The highest BCUT2D eigenvalue weighted by molar-refractivity contribution is 7.90. The molecule has 0 saturated heterocycles. The lowest BCUT2D eigenvalue weighted by atomic mass is 10.2. The van der Waals surface area contributed by atoms with E-state index < -0.39 is 34.0 Å². The lowest BCUT2D eigenvalue weighted by Gasteiger charge is -2.17. The third-order valence-corrected chi connectivity index (χ3v) is 3.04. The fourth-order valence-corrected chi connectivity index (χ4v) is 1.79. The van der Waals surface area contributed by atoms with Crippen LogP contribution in [0.4, 0.5) is 4.79 Å². The Kier molecular flexibility index (Phi) is 6.63. The Balaban J connectivity index is 4.00. The molecule has 2 unspecified atom stereocenters. The number of carbonyl (C=O) groups is 2. The first-order valence-electron chi connectivity index (χ1n) is 5.26. The SMILES string of the molecule is CC(O)C(NC(=O)NCCCS(C)(=O)=O)C(=O)O. The van der Waals surface area contributed by atoms with Gasteiger partial charge >= 0.3 is 12.0 Å². The summed E-state index contributed by atoms with van der Waals surface area (Å²) in [6.07, 6.45) is 0.0869. The minimum atomic E-state index is -3.08. The molecule has 0 spiro atoms. The van der Waals surface area contributed by atoms with Gasteiger partial charge in [0.15, 0.2) is 6.04 Å². The van der Waals surface area contributed by atoms with E-state index in [2.05, 4.69) is 10.6 Å². The van der Waals surface area contributed by atoms with Gasteiger partial charge in [0.05, 0.1) is 11.9 Å². The van der Waals surface area contributed by atoms with Crippen molar-refractivity contribution in [2.45, 2.75) is 25.5 Å². The Morgan fingerprint density at radius 1 is 1.33 bits per heavy atom. The van der Waals surface area contributed by atoms with Crippen molar-refractivity contribution in [3.8, 4) is 0 Å². The molecule has 0 radical (unpaired) electrons. The largest absolute Gasteiger partial charge is 0.480 e. The van der Waals surface area contributed by atoms with Crippen molar-refractivity contribution in [3.63, 3.8) is 0 Å². The number of carbonyl (C=O) groups excluding carboxylic acids is 1. The van der Waals surface area contributed by atoms with Crippen LogP contribution in [0.5, 0.6) is 0 Å². The van der Waals surface area contributed by atoms with E-state index in [4.69, 9.17) is 10.2 Å². The number of hydrogen-bond acceptors (Lipinski definition) is 5. The molecule has 0 aromatic carbocycles. The van der Waals surface area contributed by atoms with E-state index in [0.717, 1.165) is 6.26 Å². The van der Waals surface area contributed by atoms with Crippen molar-refractivity contribution in [1.82, 2.24) is 10.6 Å². The molecule has 4 N–H and O–H groups in total. The lowest BCUT2D eigenvalue weighted by molar-refractivity contribution is -0.141. The van der Waals surface area contributed by atoms with Crippen LogP contribution in [0.2, 0.25) is 0 Å². The minimum absolute atomic E-state index is 0.0635. The van der Waals surface area contributed by atoms with E-state index in [1.807, 2.05) is 0 Å². The van der Waals surface area contributed by atoms with Gasteiger partial charge in [-0.2, -0.15) is 0 Å². The molecule has 18 heavy (non-hydrogen) atoms. The third kappa shape index (κ3) is 7.85. The van der Waals surface area contributed by atoms with Crippen molar-refractivity contribution in [3.05, 3.63) is 0 Å². The maximum absolute atomic E-state index is 11.2. The standard InChI is InChI=1S/C9H18N2O6S/c1-6(12)7(8(13)14)11-9(15)10-4-3-5-18(2,16)17/h6-7,12H,3-5H2,1-2H3,(H,13,14)(H2,10,11,15). The molecule has 0 heterocycles. The second kappa shape index (κ2) is 7.17. The number of aliphatic hydroxyl groups is 1. The Morgan fingerprint density at radius 2 is 1.89 bits per heavy atom. The molecule has 2 amide bonds. The fraction of sp³-hybridized carbons (Fsp3) is 0.778. The van der Waals surface area contributed by atoms with Crippen LogP contribution in [0.15, 0.2) is 0 Å². The zero-order chi connectivity index (χ0) is 14.3. The molecule has 0 bridgehead atoms. The molecule has 9 heteroatoms. The number of nitrogens with one attached hydrogen (secondary N) is 2.